The summed E-state index contributed by atoms with van der Waals surface area (Å²) in [7, 11) is 0. The van der Waals surface area contributed by atoms with E-state index in [1.807, 2.05) is 0 Å². The second-order valence-electron chi connectivity index (χ2n) is 5.02. The van der Waals surface area contributed by atoms with Gasteiger partial charge in [-0.1, -0.05) is 0 Å². The number of alkyl halides is 2. The normalized spacial score (nSPS) is 29.7. The van der Waals surface area contributed by atoms with Crippen LogP contribution in [0.5, 0.6) is 0 Å². The van der Waals surface area contributed by atoms with E-state index in [1.165, 1.54) is 0 Å². The lowest BCUT2D eigenvalue weighted by Gasteiger charge is -2.38. The van der Waals surface area contributed by atoms with Gasteiger partial charge in [-0.3, -0.25) is 4.79 Å². The molecule has 0 aromatic rings. The molecule has 0 N–H and O–H groups in total. The lowest BCUT2D eigenvalue weighted by molar-refractivity contribution is -0.149. The number of halogens is 2. The van der Waals surface area contributed by atoms with Gasteiger partial charge in [-0.25, -0.2) is 8.78 Å². The maximum absolute atomic E-state index is 13.2. The summed E-state index contributed by atoms with van der Waals surface area (Å²) in [5.41, 5.74) is -0.409. The van der Waals surface area contributed by atoms with Crippen LogP contribution in [-0.2, 0) is 14.3 Å². The van der Waals surface area contributed by atoms with Gasteiger partial charge in [-0.15, -0.1) is 0 Å². The molecule has 2 aliphatic rings. The van der Waals surface area contributed by atoms with Crippen molar-refractivity contribution < 1.29 is 23.0 Å². The van der Waals surface area contributed by atoms with Gasteiger partial charge in [-0.05, 0) is 19.8 Å². The van der Waals surface area contributed by atoms with Crippen molar-refractivity contribution in [3.8, 4) is 0 Å². The number of epoxide rings is 1. The highest BCUT2D eigenvalue weighted by Gasteiger charge is 2.53. The van der Waals surface area contributed by atoms with E-state index in [0.717, 1.165) is 0 Å². The summed E-state index contributed by atoms with van der Waals surface area (Å²) < 4.78 is 36.5. The van der Waals surface area contributed by atoms with Crippen LogP contribution in [0.4, 0.5) is 8.78 Å². The Morgan fingerprint density at radius 2 is 1.94 bits per heavy atom. The van der Waals surface area contributed by atoms with Gasteiger partial charge in [-0.2, -0.15) is 0 Å². The molecule has 0 aromatic heterocycles. The molecule has 1 saturated carbocycles. The van der Waals surface area contributed by atoms with Gasteiger partial charge in [0.1, 0.15) is 0 Å². The Morgan fingerprint density at radius 1 is 1.35 bits per heavy atom. The van der Waals surface area contributed by atoms with Crippen LogP contribution >= 0.6 is 0 Å². The minimum atomic E-state index is -2.58. The number of hydrogen-bond donors (Lipinski definition) is 0. The smallest absolute Gasteiger partial charge is 0.306 e. The van der Waals surface area contributed by atoms with Crippen molar-refractivity contribution in [2.24, 2.45) is 5.41 Å². The number of esters is 1. The Kier molecular flexibility index (Phi) is 3.39. The number of hydrogen-bond acceptors (Lipinski definition) is 3. The average Bonchev–Trinajstić information content (AvgIpc) is 3.06. The highest BCUT2D eigenvalue weighted by atomic mass is 19.3. The zero-order valence-electron chi connectivity index (χ0n) is 10.0. The van der Waals surface area contributed by atoms with Crippen LogP contribution in [0, 0.1) is 5.41 Å². The maximum Gasteiger partial charge on any atom is 0.306 e. The molecule has 1 unspecified atom stereocenters. The molecule has 2 rings (SSSR count). The van der Waals surface area contributed by atoms with Gasteiger partial charge < -0.3 is 9.47 Å². The molecule has 1 aliphatic carbocycles. The molecular formula is C12H18F2O3. The second kappa shape index (κ2) is 4.52. The summed E-state index contributed by atoms with van der Waals surface area (Å²) in [6, 6.07) is 0. The highest BCUT2D eigenvalue weighted by molar-refractivity contribution is 5.70. The number of rotatable bonds is 4. The van der Waals surface area contributed by atoms with E-state index in [-0.39, 0.29) is 31.3 Å². The van der Waals surface area contributed by atoms with Crippen molar-refractivity contribution in [1.29, 1.82) is 0 Å². The lowest BCUT2D eigenvalue weighted by Crippen LogP contribution is -2.39. The summed E-state index contributed by atoms with van der Waals surface area (Å²) in [4.78, 5) is 11.5. The molecule has 1 atom stereocenters. The predicted octanol–water partition coefficient (Wildman–Crippen LogP) is 2.53. The first-order chi connectivity index (χ1) is 7.97. The fraction of sp³-hybridized carbons (Fsp3) is 0.917. The third-order valence-corrected chi connectivity index (χ3v) is 3.80. The largest absolute Gasteiger partial charge is 0.466 e. The zero-order valence-corrected chi connectivity index (χ0v) is 10.0. The number of carbonyl (C=O) groups excluding carboxylic acids is 1. The molecule has 17 heavy (non-hydrogen) atoms. The maximum atomic E-state index is 13.2. The van der Waals surface area contributed by atoms with Crippen molar-refractivity contribution >= 4 is 5.97 Å². The van der Waals surface area contributed by atoms with Gasteiger partial charge in [0.25, 0.3) is 0 Å². The molecule has 0 spiro atoms. The van der Waals surface area contributed by atoms with Crippen molar-refractivity contribution in [2.75, 3.05) is 13.2 Å². The molecule has 0 bridgehead atoms. The second-order valence-corrected chi connectivity index (χ2v) is 5.02. The summed E-state index contributed by atoms with van der Waals surface area (Å²) in [5, 5.41) is 0. The molecule has 1 heterocycles. The fourth-order valence-corrected chi connectivity index (χ4v) is 2.63. The number of carbonyl (C=O) groups is 1. The standard InChI is InChI=1S/C12H18F2O3/c1-2-16-10(15)7-11(9-8-17-9)3-5-12(13,14)6-4-11/h9H,2-8H2,1H3. The summed E-state index contributed by atoms with van der Waals surface area (Å²) in [5.74, 6) is -2.87. The first kappa shape index (κ1) is 12.7. The quantitative estimate of drug-likeness (QED) is 0.567. The van der Waals surface area contributed by atoms with Crippen LogP contribution in [0.1, 0.15) is 39.0 Å². The molecule has 0 radical (unpaired) electrons. The molecule has 0 amide bonds. The van der Waals surface area contributed by atoms with Crippen LogP contribution in [-0.4, -0.2) is 31.2 Å². The van der Waals surface area contributed by atoms with E-state index in [0.29, 0.717) is 26.1 Å². The third-order valence-electron chi connectivity index (χ3n) is 3.80. The Morgan fingerprint density at radius 3 is 2.41 bits per heavy atom. The molecule has 3 nitrogen and oxygen atoms in total. The molecule has 0 aromatic carbocycles. The Hall–Kier alpha value is -0.710. The average molecular weight is 248 g/mol. The minimum absolute atomic E-state index is 0.0250. The third kappa shape index (κ3) is 2.94. The van der Waals surface area contributed by atoms with Gasteiger partial charge in [0, 0.05) is 18.3 Å². The molecular weight excluding hydrogens is 230 g/mol. The van der Waals surface area contributed by atoms with Crippen molar-refractivity contribution in [3.63, 3.8) is 0 Å². The van der Waals surface area contributed by atoms with Gasteiger partial charge in [0.2, 0.25) is 5.92 Å². The van der Waals surface area contributed by atoms with Crippen LogP contribution in [0.2, 0.25) is 0 Å². The van der Waals surface area contributed by atoms with E-state index >= 15 is 0 Å². The van der Waals surface area contributed by atoms with E-state index in [9.17, 15) is 13.6 Å². The van der Waals surface area contributed by atoms with Crippen molar-refractivity contribution in [2.45, 2.75) is 51.1 Å². The lowest BCUT2D eigenvalue weighted by atomic mass is 9.68. The Bertz CT molecular complexity index is 290. The Balaban J connectivity index is 1.99. The van der Waals surface area contributed by atoms with Gasteiger partial charge >= 0.3 is 5.97 Å². The monoisotopic (exact) mass is 248 g/mol. The zero-order chi connectivity index (χ0) is 12.5. The van der Waals surface area contributed by atoms with E-state index in [1.54, 1.807) is 6.92 Å². The molecule has 1 aliphatic heterocycles. The van der Waals surface area contributed by atoms with Crippen LogP contribution < -0.4 is 0 Å². The van der Waals surface area contributed by atoms with Crippen molar-refractivity contribution in [1.82, 2.24) is 0 Å². The van der Waals surface area contributed by atoms with Crippen LogP contribution in [0.25, 0.3) is 0 Å². The molecule has 98 valence electrons. The van der Waals surface area contributed by atoms with Gasteiger partial charge in [0.15, 0.2) is 0 Å². The minimum Gasteiger partial charge on any atom is -0.466 e. The summed E-state index contributed by atoms with van der Waals surface area (Å²) >= 11 is 0. The van der Waals surface area contributed by atoms with E-state index < -0.39 is 11.3 Å². The molecule has 1 saturated heterocycles. The van der Waals surface area contributed by atoms with Gasteiger partial charge in [0.05, 0.1) is 25.7 Å². The first-order valence-electron chi connectivity index (χ1n) is 6.12. The van der Waals surface area contributed by atoms with E-state index in [2.05, 4.69) is 0 Å². The van der Waals surface area contributed by atoms with Crippen LogP contribution in [0.3, 0.4) is 0 Å². The topological polar surface area (TPSA) is 38.8 Å². The molecule has 5 heteroatoms. The molecule has 2 fully saturated rings. The summed E-state index contributed by atoms with van der Waals surface area (Å²) in [6.45, 7) is 2.66. The highest BCUT2D eigenvalue weighted by Crippen LogP contribution is 2.51. The predicted molar refractivity (Wildman–Crippen MR) is 56.8 cm³/mol. The fourth-order valence-electron chi connectivity index (χ4n) is 2.63. The Labute approximate surface area is 99.5 Å². The SMILES string of the molecule is CCOC(=O)CC1(C2CO2)CCC(F)(F)CC1. The summed E-state index contributed by atoms with van der Waals surface area (Å²) in [6.07, 6.45) is 0.593. The first-order valence-corrected chi connectivity index (χ1v) is 6.12. The van der Waals surface area contributed by atoms with E-state index in [4.69, 9.17) is 9.47 Å². The van der Waals surface area contributed by atoms with Crippen LogP contribution in [0.15, 0.2) is 0 Å². The van der Waals surface area contributed by atoms with Crippen molar-refractivity contribution in [3.05, 3.63) is 0 Å². The number of ether oxygens (including phenoxy) is 2.